The molecule has 0 saturated carbocycles. The molecule has 1 aliphatic heterocycles. The normalized spacial score (nSPS) is 12.4. The molecule has 5 nitrogen and oxygen atoms in total. The Kier molecular flexibility index (Phi) is 4.23. The van der Waals surface area contributed by atoms with Gasteiger partial charge in [-0.3, -0.25) is 4.98 Å². The number of nitrogens with zero attached hydrogens (tertiary/aromatic N) is 2. The molecule has 1 aromatic carbocycles. The third-order valence-corrected chi connectivity index (χ3v) is 4.73. The Hall–Kier alpha value is -3.04. The largest absolute Gasteiger partial charge is 0.486 e. The summed E-state index contributed by atoms with van der Waals surface area (Å²) in [5, 5.41) is 12.1. The van der Waals surface area contributed by atoms with Crippen LogP contribution in [0.5, 0.6) is 16.6 Å². The van der Waals surface area contributed by atoms with Crippen molar-refractivity contribution >= 4 is 11.3 Å². The number of rotatable bonds is 4. The van der Waals surface area contributed by atoms with E-state index < -0.39 is 0 Å². The summed E-state index contributed by atoms with van der Waals surface area (Å²) in [5.41, 5.74) is 3.30. The van der Waals surface area contributed by atoms with Crippen molar-refractivity contribution in [3.05, 3.63) is 59.2 Å². The molecule has 0 N–H and O–H groups in total. The van der Waals surface area contributed by atoms with Gasteiger partial charge in [0.05, 0.1) is 0 Å². The van der Waals surface area contributed by atoms with Gasteiger partial charge in [0.15, 0.2) is 16.6 Å². The van der Waals surface area contributed by atoms with E-state index in [4.69, 9.17) is 14.2 Å². The fourth-order valence-corrected chi connectivity index (χ4v) is 3.48. The highest BCUT2D eigenvalue weighted by molar-refractivity contribution is 7.12. The van der Waals surface area contributed by atoms with Gasteiger partial charge in [0.2, 0.25) is 0 Å². The van der Waals surface area contributed by atoms with E-state index in [-0.39, 0.29) is 0 Å². The lowest BCUT2D eigenvalue weighted by Gasteiger charge is -2.18. The number of thiophene rings is 1. The standard InChI is InChI=1S/C19H14N2O3S/c20-10-15-16(14-1-2-17-18(9-14)23-8-7-22-17)12-25-19(15)24-11-13-3-5-21-6-4-13/h1-6,9,12H,7-8,11H2. The lowest BCUT2D eigenvalue weighted by molar-refractivity contribution is 0.171. The topological polar surface area (TPSA) is 64.4 Å². The van der Waals surface area contributed by atoms with Crippen molar-refractivity contribution in [3.63, 3.8) is 0 Å². The Morgan fingerprint density at radius 2 is 1.92 bits per heavy atom. The zero-order valence-corrected chi connectivity index (χ0v) is 14.1. The van der Waals surface area contributed by atoms with E-state index >= 15 is 0 Å². The van der Waals surface area contributed by atoms with Gasteiger partial charge in [0.1, 0.15) is 31.5 Å². The van der Waals surface area contributed by atoms with E-state index in [1.54, 1.807) is 12.4 Å². The molecule has 1 aliphatic rings. The molecule has 25 heavy (non-hydrogen) atoms. The maximum absolute atomic E-state index is 9.60. The first kappa shape index (κ1) is 15.5. The summed E-state index contributed by atoms with van der Waals surface area (Å²) >= 11 is 1.42. The van der Waals surface area contributed by atoms with Crippen molar-refractivity contribution in [1.29, 1.82) is 5.26 Å². The van der Waals surface area contributed by atoms with Gasteiger partial charge in [-0.05, 0) is 35.4 Å². The number of nitriles is 1. The van der Waals surface area contributed by atoms with Crippen molar-refractivity contribution < 1.29 is 14.2 Å². The van der Waals surface area contributed by atoms with Crippen molar-refractivity contribution in [1.82, 2.24) is 4.98 Å². The van der Waals surface area contributed by atoms with Gasteiger partial charge in [-0.15, -0.1) is 11.3 Å². The first-order chi connectivity index (χ1) is 12.3. The second-order valence-corrected chi connectivity index (χ2v) is 6.27. The van der Waals surface area contributed by atoms with Gasteiger partial charge in [-0.1, -0.05) is 6.07 Å². The minimum absolute atomic E-state index is 0.401. The van der Waals surface area contributed by atoms with Crippen molar-refractivity contribution in [3.8, 4) is 33.8 Å². The molecule has 0 fully saturated rings. The van der Waals surface area contributed by atoms with Gasteiger partial charge in [-0.2, -0.15) is 5.26 Å². The zero-order valence-electron chi connectivity index (χ0n) is 13.3. The smallest absolute Gasteiger partial charge is 0.192 e. The number of hydrogen-bond donors (Lipinski definition) is 0. The van der Waals surface area contributed by atoms with E-state index in [1.807, 2.05) is 35.7 Å². The Morgan fingerprint density at radius 3 is 2.72 bits per heavy atom. The van der Waals surface area contributed by atoms with Gasteiger partial charge in [0.25, 0.3) is 0 Å². The number of ether oxygens (including phenoxy) is 3. The molecule has 0 radical (unpaired) electrons. The van der Waals surface area contributed by atoms with Crippen LogP contribution in [-0.4, -0.2) is 18.2 Å². The van der Waals surface area contributed by atoms with Crippen molar-refractivity contribution in [2.45, 2.75) is 6.61 Å². The van der Waals surface area contributed by atoms with E-state index in [0.29, 0.717) is 36.2 Å². The Balaban J connectivity index is 1.61. The number of aromatic nitrogens is 1. The second kappa shape index (κ2) is 6.83. The molecule has 0 aliphatic carbocycles. The molecule has 0 atom stereocenters. The number of fused-ring (bicyclic) bond motifs is 1. The predicted molar refractivity (Wildman–Crippen MR) is 94.0 cm³/mol. The Labute approximate surface area is 149 Å². The summed E-state index contributed by atoms with van der Waals surface area (Å²) in [7, 11) is 0. The molecule has 3 aromatic rings. The highest BCUT2D eigenvalue weighted by Gasteiger charge is 2.18. The number of pyridine rings is 1. The quantitative estimate of drug-likeness (QED) is 0.711. The summed E-state index contributed by atoms with van der Waals surface area (Å²) in [6, 6.07) is 11.8. The first-order valence-corrected chi connectivity index (χ1v) is 8.66. The molecule has 0 saturated heterocycles. The lowest BCUT2D eigenvalue weighted by atomic mass is 10.0. The number of benzene rings is 1. The Morgan fingerprint density at radius 1 is 1.12 bits per heavy atom. The summed E-state index contributed by atoms with van der Waals surface area (Å²) in [5.74, 6) is 1.44. The van der Waals surface area contributed by atoms with Crippen LogP contribution in [0.15, 0.2) is 48.1 Å². The fourth-order valence-electron chi connectivity index (χ4n) is 2.60. The summed E-state index contributed by atoms with van der Waals surface area (Å²) in [6.07, 6.45) is 3.44. The SMILES string of the molecule is N#Cc1c(-c2ccc3c(c2)OCCO3)csc1OCc1ccncc1. The minimum atomic E-state index is 0.401. The lowest BCUT2D eigenvalue weighted by Crippen LogP contribution is -2.15. The summed E-state index contributed by atoms with van der Waals surface area (Å²) < 4.78 is 17.0. The molecule has 4 rings (SSSR count). The fraction of sp³-hybridized carbons (Fsp3) is 0.158. The van der Waals surface area contributed by atoms with Crippen LogP contribution in [0, 0.1) is 11.3 Å². The van der Waals surface area contributed by atoms with Crippen molar-refractivity contribution in [2.75, 3.05) is 13.2 Å². The van der Waals surface area contributed by atoms with Crippen LogP contribution in [0.1, 0.15) is 11.1 Å². The van der Waals surface area contributed by atoms with Crippen LogP contribution in [-0.2, 0) is 6.61 Å². The molecule has 3 heterocycles. The van der Waals surface area contributed by atoms with Crippen LogP contribution < -0.4 is 14.2 Å². The Bertz CT molecular complexity index is 932. The van der Waals surface area contributed by atoms with Crippen LogP contribution in [0.3, 0.4) is 0 Å². The first-order valence-electron chi connectivity index (χ1n) is 7.78. The summed E-state index contributed by atoms with van der Waals surface area (Å²) in [4.78, 5) is 3.99. The van der Waals surface area contributed by atoms with Gasteiger partial charge in [-0.25, -0.2) is 0 Å². The molecule has 0 unspecified atom stereocenters. The van der Waals surface area contributed by atoms with E-state index in [0.717, 1.165) is 22.4 Å². The van der Waals surface area contributed by atoms with E-state index in [1.165, 1.54) is 11.3 Å². The van der Waals surface area contributed by atoms with Crippen LogP contribution in [0.25, 0.3) is 11.1 Å². The molecule has 0 amide bonds. The van der Waals surface area contributed by atoms with Crippen molar-refractivity contribution in [2.24, 2.45) is 0 Å². The molecule has 124 valence electrons. The molecule has 0 spiro atoms. The minimum Gasteiger partial charge on any atom is -0.486 e. The van der Waals surface area contributed by atoms with E-state index in [9.17, 15) is 5.26 Å². The molecular formula is C19H14N2O3S. The maximum atomic E-state index is 9.60. The monoisotopic (exact) mass is 350 g/mol. The third kappa shape index (κ3) is 3.14. The second-order valence-electron chi connectivity index (χ2n) is 5.43. The highest BCUT2D eigenvalue weighted by Crippen LogP contribution is 2.40. The maximum Gasteiger partial charge on any atom is 0.192 e. The molecule has 6 heteroatoms. The van der Waals surface area contributed by atoms with Gasteiger partial charge in [0, 0.05) is 23.3 Å². The molecule has 2 aromatic heterocycles. The summed E-state index contributed by atoms with van der Waals surface area (Å²) in [6.45, 7) is 1.49. The van der Waals surface area contributed by atoms with E-state index in [2.05, 4.69) is 11.1 Å². The van der Waals surface area contributed by atoms with Gasteiger partial charge < -0.3 is 14.2 Å². The molecular weight excluding hydrogens is 336 g/mol. The van der Waals surface area contributed by atoms with Crippen LogP contribution >= 0.6 is 11.3 Å². The zero-order chi connectivity index (χ0) is 17.1. The van der Waals surface area contributed by atoms with Crippen LogP contribution in [0.2, 0.25) is 0 Å². The molecule has 0 bridgehead atoms. The average molecular weight is 350 g/mol. The average Bonchev–Trinajstić information content (AvgIpc) is 3.09. The van der Waals surface area contributed by atoms with Crippen LogP contribution in [0.4, 0.5) is 0 Å². The van der Waals surface area contributed by atoms with Gasteiger partial charge >= 0.3 is 0 Å². The predicted octanol–water partition coefficient (Wildman–Crippen LogP) is 4.03. The third-order valence-electron chi connectivity index (χ3n) is 3.84. The number of hydrogen-bond acceptors (Lipinski definition) is 6. The highest BCUT2D eigenvalue weighted by atomic mass is 32.1.